The topological polar surface area (TPSA) is 57.6 Å². The van der Waals surface area contributed by atoms with E-state index < -0.39 is 9.84 Å². The quantitative estimate of drug-likeness (QED) is 0.782. The number of sulfone groups is 1. The first-order valence-corrected chi connectivity index (χ1v) is 8.91. The Morgan fingerprint density at radius 2 is 1.56 bits per heavy atom. The molecule has 0 amide bonds. The predicted octanol–water partition coefficient (Wildman–Crippen LogP) is 1.05. The molecule has 106 valence electrons. The maximum Gasteiger partial charge on any atom is 0.152 e. The highest BCUT2D eigenvalue weighted by Crippen LogP contribution is 2.35. The molecule has 0 unspecified atom stereocenters. The molecule has 1 aliphatic carbocycles. The Morgan fingerprint density at radius 3 is 2.06 bits per heavy atom. The van der Waals surface area contributed by atoms with Gasteiger partial charge in [0.1, 0.15) is 0 Å². The molecule has 2 rings (SSSR count). The lowest BCUT2D eigenvalue weighted by Crippen LogP contribution is -2.47. The van der Waals surface area contributed by atoms with Crippen LogP contribution in [0.5, 0.6) is 0 Å². The fourth-order valence-corrected chi connectivity index (χ4v) is 4.50. The zero-order valence-electron chi connectivity index (χ0n) is 11.1. The molecule has 18 heavy (non-hydrogen) atoms. The summed E-state index contributed by atoms with van der Waals surface area (Å²) in [5, 5.41) is 9.75. The molecule has 1 heterocycles. The van der Waals surface area contributed by atoms with Crippen LogP contribution >= 0.6 is 0 Å². The zero-order chi connectivity index (χ0) is 13.1. The van der Waals surface area contributed by atoms with E-state index in [0.717, 1.165) is 19.4 Å². The summed E-state index contributed by atoms with van der Waals surface area (Å²) >= 11 is 0. The molecular formula is C13H25NO3S. The van der Waals surface area contributed by atoms with Crippen molar-refractivity contribution in [1.82, 2.24) is 4.90 Å². The summed E-state index contributed by atoms with van der Waals surface area (Å²) in [4.78, 5) is 2.24. The summed E-state index contributed by atoms with van der Waals surface area (Å²) in [6.45, 7) is 2.41. The van der Waals surface area contributed by atoms with E-state index in [2.05, 4.69) is 4.90 Å². The Hall–Kier alpha value is -0.130. The van der Waals surface area contributed by atoms with E-state index in [1.165, 1.54) is 25.7 Å². The summed E-state index contributed by atoms with van der Waals surface area (Å²) < 4.78 is 22.8. The SMILES string of the molecule is O=S1(=O)CCN(CC2(CO)CCCCCC2)CC1. The first kappa shape index (κ1) is 14.3. The van der Waals surface area contributed by atoms with Gasteiger partial charge in [-0.3, -0.25) is 0 Å². The zero-order valence-corrected chi connectivity index (χ0v) is 11.9. The van der Waals surface area contributed by atoms with Gasteiger partial charge in [0.05, 0.1) is 11.5 Å². The summed E-state index contributed by atoms with van der Waals surface area (Å²) in [6.07, 6.45) is 7.13. The predicted molar refractivity (Wildman–Crippen MR) is 72.3 cm³/mol. The highest BCUT2D eigenvalue weighted by atomic mass is 32.2. The van der Waals surface area contributed by atoms with Crippen LogP contribution in [0.1, 0.15) is 38.5 Å². The molecule has 0 radical (unpaired) electrons. The fraction of sp³-hybridized carbons (Fsp3) is 1.00. The van der Waals surface area contributed by atoms with Crippen molar-refractivity contribution in [2.75, 3.05) is 37.7 Å². The normalized spacial score (nSPS) is 28.7. The van der Waals surface area contributed by atoms with Gasteiger partial charge in [-0.05, 0) is 12.8 Å². The molecule has 1 saturated carbocycles. The van der Waals surface area contributed by atoms with Crippen LogP contribution in [-0.4, -0.2) is 56.2 Å². The minimum atomic E-state index is -2.79. The second kappa shape index (κ2) is 5.88. The van der Waals surface area contributed by atoms with Gasteiger partial charge in [0.15, 0.2) is 9.84 Å². The molecule has 0 bridgehead atoms. The third kappa shape index (κ3) is 3.68. The van der Waals surface area contributed by atoms with Crippen molar-refractivity contribution in [3.8, 4) is 0 Å². The van der Waals surface area contributed by atoms with Crippen LogP contribution in [0.2, 0.25) is 0 Å². The van der Waals surface area contributed by atoms with E-state index in [4.69, 9.17) is 0 Å². The third-order valence-corrected chi connectivity index (χ3v) is 6.10. The van der Waals surface area contributed by atoms with Gasteiger partial charge in [-0.15, -0.1) is 0 Å². The molecule has 4 nitrogen and oxygen atoms in total. The standard InChI is InChI=1S/C13H25NO3S/c15-12-13(5-3-1-2-4-6-13)11-14-7-9-18(16,17)10-8-14/h15H,1-12H2. The lowest BCUT2D eigenvalue weighted by atomic mass is 9.80. The van der Waals surface area contributed by atoms with Gasteiger partial charge in [-0.1, -0.05) is 25.7 Å². The van der Waals surface area contributed by atoms with E-state index in [9.17, 15) is 13.5 Å². The van der Waals surface area contributed by atoms with E-state index in [1.807, 2.05) is 0 Å². The molecule has 5 heteroatoms. The summed E-state index contributed by atoms with van der Waals surface area (Å²) in [6, 6.07) is 0. The summed E-state index contributed by atoms with van der Waals surface area (Å²) in [5.41, 5.74) is 0.0254. The number of aliphatic hydroxyl groups is 1. The second-order valence-corrected chi connectivity index (χ2v) is 8.30. The van der Waals surface area contributed by atoms with E-state index in [1.54, 1.807) is 0 Å². The van der Waals surface area contributed by atoms with Crippen LogP contribution in [0.4, 0.5) is 0 Å². The van der Waals surface area contributed by atoms with E-state index >= 15 is 0 Å². The van der Waals surface area contributed by atoms with Crippen LogP contribution in [-0.2, 0) is 9.84 Å². The molecule has 0 aromatic carbocycles. The Labute approximate surface area is 110 Å². The molecule has 2 fully saturated rings. The molecule has 1 N–H and O–H groups in total. The van der Waals surface area contributed by atoms with Crippen LogP contribution < -0.4 is 0 Å². The van der Waals surface area contributed by atoms with Gasteiger partial charge >= 0.3 is 0 Å². The largest absolute Gasteiger partial charge is 0.396 e. The summed E-state index contributed by atoms with van der Waals surface area (Å²) in [7, 11) is -2.79. The highest BCUT2D eigenvalue weighted by Gasteiger charge is 2.34. The Kier molecular flexibility index (Phi) is 4.67. The van der Waals surface area contributed by atoms with Crippen molar-refractivity contribution < 1.29 is 13.5 Å². The molecular weight excluding hydrogens is 250 g/mol. The summed E-state index contributed by atoms with van der Waals surface area (Å²) in [5.74, 6) is 0.572. The molecule has 0 aromatic heterocycles. The first-order valence-electron chi connectivity index (χ1n) is 7.09. The van der Waals surface area contributed by atoms with E-state index in [0.29, 0.717) is 13.1 Å². The van der Waals surface area contributed by atoms with Crippen molar-refractivity contribution in [2.45, 2.75) is 38.5 Å². The Balaban J connectivity index is 1.93. The number of aliphatic hydroxyl groups excluding tert-OH is 1. The molecule has 2 aliphatic rings. The maximum atomic E-state index is 11.4. The monoisotopic (exact) mass is 275 g/mol. The molecule has 0 spiro atoms. The molecule has 1 saturated heterocycles. The maximum absolute atomic E-state index is 11.4. The average molecular weight is 275 g/mol. The fourth-order valence-electron chi connectivity index (χ4n) is 3.23. The van der Waals surface area contributed by atoms with Crippen molar-refractivity contribution in [2.24, 2.45) is 5.41 Å². The number of rotatable bonds is 3. The van der Waals surface area contributed by atoms with Crippen LogP contribution in [0.3, 0.4) is 0 Å². The number of hydrogen-bond acceptors (Lipinski definition) is 4. The average Bonchev–Trinajstić information content (AvgIpc) is 2.58. The van der Waals surface area contributed by atoms with Crippen LogP contribution in [0.15, 0.2) is 0 Å². The highest BCUT2D eigenvalue weighted by molar-refractivity contribution is 7.91. The van der Waals surface area contributed by atoms with Crippen molar-refractivity contribution in [3.63, 3.8) is 0 Å². The molecule has 0 aromatic rings. The molecule has 1 aliphatic heterocycles. The second-order valence-electron chi connectivity index (χ2n) is 6.00. The van der Waals surface area contributed by atoms with Gasteiger partial charge in [0.25, 0.3) is 0 Å². The Bertz CT molecular complexity index is 344. The minimum Gasteiger partial charge on any atom is -0.396 e. The first-order chi connectivity index (χ1) is 8.55. The van der Waals surface area contributed by atoms with E-state index in [-0.39, 0.29) is 23.5 Å². The van der Waals surface area contributed by atoms with Gasteiger partial charge in [0.2, 0.25) is 0 Å². The molecule has 0 atom stereocenters. The van der Waals surface area contributed by atoms with Gasteiger partial charge in [-0.25, -0.2) is 8.42 Å². The van der Waals surface area contributed by atoms with Crippen molar-refractivity contribution in [1.29, 1.82) is 0 Å². The van der Waals surface area contributed by atoms with Crippen molar-refractivity contribution >= 4 is 9.84 Å². The number of nitrogens with zero attached hydrogens (tertiary/aromatic N) is 1. The Morgan fingerprint density at radius 1 is 1.00 bits per heavy atom. The lowest BCUT2D eigenvalue weighted by molar-refractivity contribution is 0.0625. The third-order valence-electron chi connectivity index (χ3n) is 4.50. The smallest absolute Gasteiger partial charge is 0.152 e. The lowest BCUT2D eigenvalue weighted by Gasteiger charge is -2.38. The van der Waals surface area contributed by atoms with Crippen molar-refractivity contribution in [3.05, 3.63) is 0 Å². The van der Waals surface area contributed by atoms with Gasteiger partial charge < -0.3 is 10.0 Å². The van der Waals surface area contributed by atoms with Gasteiger partial charge in [-0.2, -0.15) is 0 Å². The van der Waals surface area contributed by atoms with Crippen LogP contribution in [0, 0.1) is 5.41 Å². The van der Waals surface area contributed by atoms with Gasteiger partial charge in [0, 0.05) is 31.7 Å². The number of hydrogen-bond donors (Lipinski definition) is 1. The van der Waals surface area contributed by atoms with Crippen LogP contribution in [0.25, 0.3) is 0 Å². The minimum absolute atomic E-state index is 0.0254.